The number of nitrogen functional groups attached to an aromatic ring is 1. The van der Waals surface area contributed by atoms with Gasteiger partial charge in [0.25, 0.3) is 0 Å². The quantitative estimate of drug-likeness (QED) is 0.784. The van der Waals surface area contributed by atoms with Gasteiger partial charge in [0.2, 0.25) is 0 Å². The van der Waals surface area contributed by atoms with Gasteiger partial charge in [-0.1, -0.05) is 20.8 Å². The summed E-state index contributed by atoms with van der Waals surface area (Å²) in [5.74, 6) is 0. The largest absolute Gasteiger partial charge is 0.389 e. The van der Waals surface area contributed by atoms with Crippen molar-refractivity contribution >= 4 is 16.5 Å². The number of nitrogens with two attached hydrogens (primary N) is 1. The van der Waals surface area contributed by atoms with Gasteiger partial charge in [0.1, 0.15) is 5.00 Å². The highest BCUT2D eigenvalue weighted by Crippen LogP contribution is 2.32. The second-order valence-electron chi connectivity index (χ2n) is 3.38. The molecule has 0 atom stereocenters. The minimum atomic E-state index is 0.216. The Morgan fingerprint density at radius 3 is 2.42 bits per heavy atom. The van der Waals surface area contributed by atoms with Gasteiger partial charge in [-0.15, -0.1) is 0 Å². The van der Waals surface area contributed by atoms with E-state index in [1.165, 1.54) is 11.5 Å². The molecule has 0 radical (unpaired) electrons. The van der Waals surface area contributed by atoms with Crippen LogP contribution in [-0.4, -0.2) is 4.37 Å². The number of rotatable bonds is 3. The summed E-state index contributed by atoms with van der Waals surface area (Å²) in [5.41, 5.74) is 7.01. The van der Waals surface area contributed by atoms with E-state index in [0.717, 1.165) is 23.5 Å². The number of aromatic nitrogens is 1. The van der Waals surface area contributed by atoms with E-state index in [1.807, 2.05) is 6.07 Å². The molecule has 1 aromatic rings. The summed E-state index contributed by atoms with van der Waals surface area (Å²) >= 11 is 1.39. The van der Waals surface area contributed by atoms with Crippen molar-refractivity contribution in [2.24, 2.45) is 0 Å². The first kappa shape index (κ1) is 9.52. The third-order valence-electron chi connectivity index (χ3n) is 2.71. The molecule has 1 aromatic heterocycles. The van der Waals surface area contributed by atoms with Gasteiger partial charge in [0, 0.05) is 5.41 Å². The standard InChI is InChI=1S/C9H16N2S/c1-4-9(3,5-2)7-6-8(10)12-11-7/h6H,4-5,10H2,1-3H3. The molecule has 0 aliphatic heterocycles. The van der Waals surface area contributed by atoms with E-state index < -0.39 is 0 Å². The normalized spacial score (nSPS) is 11.9. The van der Waals surface area contributed by atoms with Gasteiger partial charge < -0.3 is 5.73 Å². The van der Waals surface area contributed by atoms with E-state index in [4.69, 9.17) is 5.73 Å². The molecule has 0 aliphatic carbocycles. The Bertz CT molecular complexity index is 251. The summed E-state index contributed by atoms with van der Waals surface area (Å²) in [7, 11) is 0. The molecule has 3 heteroatoms. The first-order chi connectivity index (χ1) is 5.62. The lowest BCUT2D eigenvalue weighted by molar-refractivity contribution is 0.430. The number of anilines is 1. The first-order valence-electron chi connectivity index (χ1n) is 4.35. The monoisotopic (exact) mass is 184 g/mol. The molecule has 0 aromatic carbocycles. The molecule has 0 unspecified atom stereocenters. The zero-order valence-electron chi connectivity index (χ0n) is 7.92. The van der Waals surface area contributed by atoms with Crippen LogP contribution in [0, 0.1) is 0 Å². The van der Waals surface area contributed by atoms with Crippen LogP contribution >= 0.6 is 11.5 Å². The summed E-state index contributed by atoms with van der Waals surface area (Å²) in [4.78, 5) is 0. The highest BCUT2D eigenvalue weighted by atomic mass is 32.1. The minimum Gasteiger partial charge on any atom is -0.389 e. The predicted octanol–water partition coefficient (Wildman–Crippen LogP) is 2.80. The zero-order valence-corrected chi connectivity index (χ0v) is 8.74. The SMILES string of the molecule is CCC(C)(CC)c1cc(N)sn1. The molecule has 0 fully saturated rings. The van der Waals surface area contributed by atoms with Crippen LogP contribution in [0.4, 0.5) is 5.00 Å². The molecule has 1 rings (SSSR count). The average Bonchev–Trinajstić information content (AvgIpc) is 2.51. The van der Waals surface area contributed by atoms with E-state index in [-0.39, 0.29) is 5.41 Å². The second-order valence-corrected chi connectivity index (χ2v) is 4.22. The molecule has 0 saturated carbocycles. The molecule has 0 saturated heterocycles. The lowest BCUT2D eigenvalue weighted by Gasteiger charge is -2.23. The van der Waals surface area contributed by atoms with Crippen molar-refractivity contribution < 1.29 is 0 Å². The molecule has 68 valence electrons. The Morgan fingerprint density at radius 2 is 2.08 bits per heavy atom. The maximum atomic E-state index is 5.64. The van der Waals surface area contributed by atoms with E-state index in [9.17, 15) is 0 Å². The Kier molecular flexibility index (Phi) is 2.73. The summed E-state index contributed by atoms with van der Waals surface area (Å²) in [6.45, 7) is 6.62. The zero-order chi connectivity index (χ0) is 9.19. The first-order valence-corrected chi connectivity index (χ1v) is 5.12. The van der Waals surface area contributed by atoms with Crippen molar-refractivity contribution in [2.75, 3.05) is 5.73 Å². The Morgan fingerprint density at radius 1 is 1.50 bits per heavy atom. The molecule has 0 spiro atoms. The third kappa shape index (κ3) is 1.61. The van der Waals surface area contributed by atoms with E-state index in [1.54, 1.807) is 0 Å². The predicted molar refractivity (Wildman–Crippen MR) is 54.5 cm³/mol. The van der Waals surface area contributed by atoms with Crippen molar-refractivity contribution in [1.82, 2.24) is 4.37 Å². The smallest absolute Gasteiger partial charge is 0.107 e. The highest BCUT2D eigenvalue weighted by Gasteiger charge is 2.24. The summed E-state index contributed by atoms with van der Waals surface area (Å²) in [5, 5.41) is 0.818. The van der Waals surface area contributed by atoms with Crippen molar-refractivity contribution in [3.05, 3.63) is 11.8 Å². The van der Waals surface area contributed by atoms with Gasteiger partial charge in [0.05, 0.1) is 5.69 Å². The lowest BCUT2D eigenvalue weighted by atomic mass is 9.81. The molecular weight excluding hydrogens is 168 g/mol. The van der Waals surface area contributed by atoms with E-state index in [2.05, 4.69) is 25.1 Å². The van der Waals surface area contributed by atoms with Gasteiger partial charge in [-0.05, 0) is 30.4 Å². The number of hydrogen-bond donors (Lipinski definition) is 1. The second kappa shape index (κ2) is 3.44. The number of nitrogens with zero attached hydrogens (tertiary/aromatic N) is 1. The Hall–Kier alpha value is -0.570. The fourth-order valence-corrected chi connectivity index (χ4v) is 1.83. The van der Waals surface area contributed by atoms with Gasteiger partial charge in [-0.25, -0.2) is 0 Å². The molecule has 2 N–H and O–H groups in total. The Balaban J connectivity index is 2.94. The molecule has 0 amide bonds. The van der Waals surface area contributed by atoms with Crippen LogP contribution in [0.3, 0.4) is 0 Å². The summed E-state index contributed by atoms with van der Waals surface area (Å²) < 4.78 is 4.35. The fraction of sp³-hybridized carbons (Fsp3) is 0.667. The van der Waals surface area contributed by atoms with Crippen LogP contribution in [0.15, 0.2) is 6.07 Å². The maximum absolute atomic E-state index is 5.64. The molecular formula is C9H16N2S. The van der Waals surface area contributed by atoms with Crippen molar-refractivity contribution in [3.63, 3.8) is 0 Å². The van der Waals surface area contributed by atoms with Crippen LogP contribution < -0.4 is 5.73 Å². The van der Waals surface area contributed by atoms with Gasteiger partial charge in [-0.3, -0.25) is 0 Å². The van der Waals surface area contributed by atoms with Crippen LogP contribution in [0.5, 0.6) is 0 Å². The summed E-state index contributed by atoms with van der Waals surface area (Å²) in [6, 6.07) is 2.00. The van der Waals surface area contributed by atoms with Gasteiger partial charge >= 0.3 is 0 Å². The molecule has 2 nitrogen and oxygen atoms in total. The van der Waals surface area contributed by atoms with Crippen molar-refractivity contribution in [2.45, 2.75) is 39.0 Å². The lowest BCUT2D eigenvalue weighted by Crippen LogP contribution is -2.19. The number of hydrogen-bond acceptors (Lipinski definition) is 3. The third-order valence-corrected chi connectivity index (χ3v) is 3.32. The summed E-state index contributed by atoms with van der Waals surface area (Å²) in [6.07, 6.45) is 2.24. The van der Waals surface area contributed by atoms with Gasteiger partial charge in [-0.2, -0.15) is 4.37 Å². The molecule has 12 heavy (non-hydrogen) atoms. The van der Waals surface area contributed by atoms with Crippen molar-refractivity contribution in [3.8, 4) is 0 Å². The van der Waals surface area contributed by atoms with Gasteiger partial charge in [0.15, 0.2) is 0 Å². The minimum absolute atomic E-state index is 0.216. The fourth-order valence-electron chi connectivity index (χ4n) is 1.19. The maximum Gasteiger partial charge on any atom is 0.107 e. The van der Waals surface area contributed by atoms with E-state index >= 15 is 0 Å². The highest BCUT2D eigenvalue weighted by molar-refractivity contribution is 7.10. The topological polar surface area (TPSA) is 38.9 Å². The molecule has 0 bridgehead atoms. The van der Waals surface area contributed by atoms with Crippen LogP contribution in [0.25, 0.3) is 0 Å². The van der Waals surface area contributed by atoms with Crippen LogP contribution in [-0.2, 0) is 5.41 Å². The molecule has 0 aliphatic rings. The van der Waals surface area contributed by atoms with Crippen molar-refractivity contribution in [1.29, 1.82) is 0 Å². The van der Waals surface area contributed by atoms with Crippen LogP contribution in [0.1, 0.15) is 39.3 Å². The van der Waals surface area contributed by atoms with Crippen LogP contribution in [0.2, 0.25) is 0 Å². The molecule has 1 heterocycles. The Labute approximate surface area is 78.0 Å². The average molecular weight is 184 g/mol. The van der Waals surface area contributed by atoms with E-state index in [0.29, 0.717) is 0 Å².